The molecule has 0 bridgehead atoms. The van der Waals surface area contributed by atoms with Gasteiger partial charge in [0.1, 0.15) is 11.5 Å². The van der Waals surface area contributed by atoms with Crippen LogP contribution in [0.4, 0.5) is 17.5 Å². The number of likely N-dealkylation sites (N-methyl/N-ethyl adjacent to an activating group) is 1. The van der Waals surface area contributed by atoms with Crippen LogP contribution in [0, 0.1) is 6.92 Å². The van der Waals surface area contributed by atoms with Crippen molar-refractivity contribution in [2.45, 2.75) is 39.2 Å². The summed E-state index contributed by atoms with van der Waals surface area (Å²) < 4.78 is 1.76. The van der Waals surface area contributed by atoms with Gasteiger partial charge in [-0.25, -0.2) is 9.97 Å². The molecule has 2 fully saturated rings. The highest BCUT2D eigenvalue weighted by Gasteiger charge is 2.29. The van der Waals surface area contributed by atoms with Crippen molar-refractivity contribution in [1.82, 2.24) is 29.3 Å². The lowest BCUT2D eigenvalue weighted by Gasteiger charge is -2.34. The molecule has 2 aliphatic rings. The van der Waals surface area contributed by atoms with E-state index in [0.717, 1.165) is 55.7 Å². The van der Waals surface area contributed by atoms with Crippen LogP contribution in [0.25, 0.3) is 22.2 Å². The Balaban J connectivity index is 1.40. The average Bonchev–Trinajstić information content (AvgIpc) is 3.02. The van der Waals surface area contributed by atoms with E-state index in [1.54, 1.807) is 16.8 Å². The van der Waals surface area contributed by atoms with E-state index >= 15 is 0 Å². The van der Waals surface area contributed by atoms with Crippen LogP contribution < -0.4 is 15.8 Å². The molecule has 0 spiro atoms. The monoisotopic (exact) mass is 600 g/mol. The maximum atomic E-state index is 14.4. The fourth-order valence-corrected chi connectivity index (χ4v) is 6.38. The van der Waals surface area contributed by atoms with E-state index < -0.39 is 0 Å². The van der Waals surface area contributed by atoms with Crippen LogP contribution in [0.15, 0.2) is 53.6 Å². The first-order valence-corrected chi connectivity index (χ1v) is 15.3. The molecule has 0 radical (unpaired) electrons. The molecular formula is C32H37ClN8O2. The number of amides is 1. The van der Waals surface area contributed by atoms with Gasteiger partial charge >= 0.3 is 0 Å². The number of piperidine rings is 1. The second-order valence-corrected chi connectivity index (χ2v) is 11.8. The van der Waals surface area contributed by atoms with Crippen LogP contribution in [0.5, 0.6) is 0 Å². The molecule has 2 aliphatic heterocycles. The molecule has 0 saturated carbocycles. The zero-order valence-electron chi connectivity index (χ0n) is 24.9. The van der Waals surface area contributed by atoms with E-state index in [4.69, 9.17) is 16.6 Å². The van der Waals surface area contributed by atoms with Gasteiger partial charge in [0.2, 0.25) is 11.9 Å². The maximum Gasteiger partial charge on any atom is 0.260 e. The predicted octanol–water partition coefficient (Wildman–Crippen LogP) is 4.88. The zero-order valence-corrected chi connectivity index (χ0v) is 25.6. The Labute approximate surface area is 256 Å². The quantitative estimate of drug-likeness (QED) is 0.334. The van der Waals surface area contributed by atoms with Crippen LogP contribution in [0.2, 0.25) is 5.02 Å². The van der Waals surface area contributed by atoms with Crippen molar-refractivity contribution in [3.8, 4) is 11.1 Å². The van der Waals surface area contributed by atoms with Gasteiger partial charge in [-0.05, 0) is 50.6 Å². The number of hydrogen-bond donors (Lipinski definition) is 1. The van der Waals surface area contributed by atoms with Gasteiger partial charge in [-0.2, -0.15) is 4.98 Å². The fourth-order valence-electron chi connectivity index (χ4n) is 6.15. The number of aryl methyl sites for hydroxylation is 1. The minimum Gasteiger partial charge on any atom is -0.368 e. The van der Waals surface area contributed by atoms with Crippen LogP contribution in [0.3, 0.4) is 0 Å². The van der Waals surface area contributed by atoms with Gasteiger partial charge in [-0.15, -0.1) is 0 Å². The van der Waals surface area contributed by atoms with Crippen molar-refractivity contribution < 1.29 is 4.79 Å². The number of pyridine rings is 2. The number of halogens is 1. The molecular weight excluding hydrogens is 564 g/mol. The standard InChI is InChI=1S/C32H37ClN8O2/c1-4-28(42)40-13-7-8-23(20-40)41-30-25(21(2)29(31(41)43)24-9-5-6-10-26(24)33)19-35-32(37-30)36-27-12-11-22(18-34-27)39-16-14-38(3)15-17-39/h5-6,9-12,18-19,23H,4,7-8,13-17,20H2,1-3H3,(H,34,35,36,37). The summed E-state index contributed by atoms with van der Waals surface area (Å²) in [6.45, 7) is 8.90. The number of hydrogen-bond acceptors (Lipinski definition) is 8. The fraction of sp³-hybridized carbons (Fsp3) is 0.406. The molecule has 1 unspecified atom stereocenters. The van der Waals surface area contributed by atoms with Gasteiger partial charge in [-0.3, -0.25) is 14.2 Å². The summed E-state index contributed by atoms with van der Waals surface area (Å²) >= 11 is 6.60. The highest BCUT2D eigenvalue weighted by atomic mass is 35.5. The van der Waals surface area contributed by atoms with Gasteiger partial charge in [0.05, 0.1) is 23.5 Å². The van der Waals surface area contributed by atoms with E-state index in [1.807, 2.05) is 49.2 Å². The van der Waals surface area contributed by atoms with Gasteiger partial charge in [-0.1, -0.05) is 36.7 Å². The molecule has 2 saturated heterocycles. The first-order chi connectivity index (χ1) is 20.8. The van der Waals surface area contributed by atoms with Crippen LogP contribution in [0.1, 0.15) is 37.8 Å². The molecule has 1 atom stereocenters. The minimum atomic E-state index is -0.232. The number of nitrogens with zero attached hydrogens (tertiary/aromatic N) is 7. The van der Waals surface area contributed by atoms with E-state index in [2.05, 4.69) is 38.2 Å². The van der Waals surface area contributed by atoms with Crippen molar-refractivity contribution in [3.63, 3.8) is 0 Å². The largest absolute Gasteiger partial charge is 0.368 e. The summed E-state index contributed by atoms with van der Waals surface area (Å²) in [5.41, 5.74) is 3.41. The summed E-state index contributed by atoms with van der Waals surface area (Å²) in [7, 11) is 2.14. The lowest BCUT2D eigenvalue weighted by atomic mass is 9.98. The molecule has 4 aromatic rings. The van der Waals surface area contributed by atoms with Gasteiger partial charge in [0.25, 0.3) is 5.56 Å². The zero-order chi connectivity index (χ0) is 30.1. The summed E-state index contributed by atoms with van der Waals surface area (Å²) in [6, 6.07) is 11.1. The Bertz CT molecular complexity index is 1700. The summed E-state index contributed by atoms with van der Waals surface area (Å²) in [6.07, 6.45) is 5.62. The lowest BCUT2D eigenvalue weighted by Crippen LogP contribution is -2.44. The Morgan fingerprint density at radius 2 is 1.84 bits per heavy atom. The summed E-state index contributed by atoms with van der Waals surface area (Å²) in [5.74, 6) is 1.05. The van der Waals surface area contributed by atoms with Crippen molar-refractivity contribution in [2.24, 2.45) is 0 Å². The molecule has 0 aliphatic carbocycles. The molecule has 43 heavy (non-hydrogen) atoms. The number of aromatic nitrogens is 4. The van der Waals surface area contributed by atoms with Crippen LogP contribution in [-0.2, 0) is 4.79 Å². The number of benzene rings is 1. The van der Waals surface area contributed by atoms with Crippen LogP contribution in [-0.4, -0.2) is 81.5 Å². The summed E-state index contributed by atoms with van der Waals surface area (Å²) in [5, 5.41) is 4.50. The van der Waals surface area contributed by atoms with Gasteiger partial charge in [0, 0.05) is 67.9 Å². The first-order valence-electron chi connectivity index (χ1n) is 14.9. The van der Waals surface area contributed by atoms with Crippen LogP contribution >= 0.6 is 11.6 Å². The molecule has 11 heteroatoms. The highest BCUT2D eigenvalue weighted by Crippen LogP contribution is 2.33. The molecule has 1 amide bonds. The molecule has 5 heterocycles. The number of rotatable bonds is 6. The van der Waals surface area contributed by atoms with E-state index in [1.165, 1.54) is 0 Å². The Morgan fingerprint density at radius 3 is 2.56 bits per heavy atom. The second kappa shape index (κ2) is 12.3. The van der Waals surface area contributed by atoms with E-state index in [0.29, 0.717) is 53.1 Å². The Kier molecular flexibility index (Phi) is 8.32. The summed E-state index contributed by atoms with van der Waals surface area (Å²) in [4.78, 5) is 47.7. The topological polar surface area (TPSA) is 99.5 Å². The number of carbonyl (C=O) groups is 1. The van der Waals surface area contributed by atoms with E-state index in [9.17, 15) is 9.59 Å². The Hall–Kier alpha value is -4.02. The number of fused-ring (bicyclic) bond motifs is 1. The minimum absolute atomic E-state index is 0.0866. The molecule has 6 rings (SSSR count). The number of anilines is 3. The number of piperazine rings is 1. The smallest absolute Gasteiger partial charge is 0.260 e. The third-order valence-electron chi connectivity index (χ3n) is 8.62. The van der Waals surface area contributed by atoms with E-state index in [-0.39, 0.29) is 17.5 Å². The van der Waals surface area contributed by atoms with Gasteiger partial charge < -0.3 is 20.0 Å². The predicted molar refractivity (Wildman–Crippen MR) is 171 cm³/mol. The molecule has 1 N–H and O–H groups in total. The van der Waals surface area contributed by atoms with Crippen molar-refractivity contribution in [1.29, 1.82) is 0 Å². The molecule has 224 valence electrons. The SMILES string of the molecule is CCC(=O)N1CCCC(n2c(=O)c(-c3ccccc3Cl)c(C)c3cnc(Nc4ccc(N5CCN(C)CC5)cn4)nc32)C1. The number of nitrogens with one attached hydrogen (secondary N) is 1. The maximum absolute atomic E-state index is 14.4. The third kappa shape index (κ3) is 5.81. The number of likely N-dealkylation sites (tertiary alicyclic amines) is 1. The lowest BCUT2D eigenvalue weighted by molar-refractivity contribution is -0.132. The number of carbonyl (C=O) groups excluding carboxylic acids is 1. The van der Waals surface area contributed by atoms with Crippen molar-refractivity contribution in [2.75, 3.05) is 56.5 Å². The van der Waals surface area contributed by atoms with Crippen molar-refractivity contribution in [3.05, 3.63) is 69.7 Å². The molecule has 10 nitrogen and oxygen atoms in total. The third-order valence-corrected chi connectivity index (χ3v) is 8.95. The first kappa shape index (κ1) is 29.1. The Morgan fingerprint density at radius 1 is 1.05 bits per heavy atom. The van der Waals surface area contributed by atoms with Crippen molar-refractivity contribution >= 4 is 46.0 Å². The molecule has 1 aromatic carbocycles. The molecule has 3 aromatic heterocycles. The normalized spacial score (nSPS) is 17.8. The highest BCUT2D eigenvalue weighted by molar-refractivity contribution is 6.33. The second-order valence-electron chi connectivity index (χ2n) is 11.4. The van der Waals surface area contributed by atoms with Gasteiger partial charge in [0.15, 0.2) is 0 Å². The average molecular weight is 601 g/mol.